The van der Waals surface area contributed by atoms with Gasteiger partial charge in [-0.2, -0.15) is 0 Å². The molecule has 1 amide bonds. The van der Waals surface area contributed by atoms with E-state index in [4.69, 9.17) is 5.73 Å². The number of rotatable bonds is 6. The Hall–Kier alpha value is -1.35. The molecule has 0 aliphatic rings. The Bertz CT molecular complexity index is 420. The quantitative estimate of drug-likeness (QED) is 0.838. The molecular weight excluding hydrogens is 248 g/mol. The Morgan fingerprint density at radius 1 is 1.20 bits per heavy atom. The summed E-state index contributed by atoms with van der Waals surface area (Å²) in [6.45, 7) is 10.7. The van der Waals surface area contributed by atoms with Crippen LogP contribution in [-0.4, -0.2) is 11.9 Å². The van der Waals surface area contributed by atoms with Crippen LogP contribution in [0.2, 0.25) is 0 Å². The molecule has 0 aliphatic carbocycles. The summed E-state index contributed by atoms with van der Waals surface area (Å²) in [5, 5.41) is 3.45. The molecule has 20 heavy (non-hydrogen) atoms. The van der Waals surface area contributed by atoms with E-state index >= 15 is 0 Å². The fraction of sp³-hybridized carbons (Fsp3) is 0.588. The summed E-state index contributed by atoms with van der Waals surface area (Å²) in [4.78, 5) is 11.6. The van der Waals surface area contributed by atoms with Crippen molar-refractivity contribution in [2.24, 2.45) is 17.1 Å². The molecular formula is C17H28N2O. The molecule has 0 saturated carbocycles. The monoisotopic (exact) mass is 276 g/mol. The fourth-order valence-corrected chi connectivity index (χ4v) is 2.39. The van der Waals surface area contributed by atoms with Gasteiger partial charge in [0, 0.05) is 6.04 Å². The zero-order chi connectivity index (χ0) is 15.3. The number of carbonyl (C=O) groups is 1. The average molecular weight is 276 g/mol. The van der Waals surface area contributed by atoms with Crippen LogP contribution in [0.1, 0.15) is 52.6 Å². The first kappa shape index (κ1) is 16.7. The number of hydrogen-bond donors (Lipinski definition) is 2. The normalized spacial score (nSPS) is 15.1. The smallest absolute Gasteiger partial charge is 0.234 e. The second-order valence-corrected chi connectivity index (χ2v) is 7.02. The Labute approximate surface area is 122 Å². The lowest BCUT2D eigenvalue weighted by molar-refractivity contribution is -0.121. The van der Waals surface area contributed by atoms with Crippen molar-refractivity contribution >= 4 is 5.91 Å². The van der Waals surface area contributed by atoms with E-state index in [1.807, 2.05) is 32.0 Å². The van der Waals surface area contributed by atoms with Gasteiger partial charge >= 0.3 is 0 Å². The van der Waals surface area contributed by atoms with Gasteiger partial charge in [0.15, 0.2) is 0 Å². The molecule has 0 saturated heterocycles. The van der Waals surface area contributed by atoms with E-state index < -0.39 is 0 Å². The van der Waals surface area contributed by atoms with E-state index in [0.29, 0.717) is 0 Å². The topological polar surface area (TPSA) is 55.1 Å². The SMILES string of the molecule is CC(C)C(NC(CC(C)(C)C)c1ccccc1)C(N)=O. The van der Waals surface area contributed by atoms with Gasteiger partial charge in [0.25, 0.3) is 0 Å². The molecule has 3 N–H and O–H groups in total. The van der Waals surface area contributed by atoms with Crippen LogP contribution in [0.25, 0.3) is 0 Å². The molecule has 0 spiro atoms. The minimum atomic E-state index is -0.303. The maximum atomic E-state index is 11.6. The van der Waals surface area contributed by atoms with E-state index in [-0.39, 0.29) is 29.3 Å². The number of carbonyl (C=O) groups excluding carboxylic acids is 1. The highest BCUT2D eigenvalue weighted by atomic mass is 16.1. The minimum Gasteiger partial charge on any atom is -0.368 e. The second-order valence-electron chi connectivity index (χ2n) is 7.02. The molecule has 1 aromatic rings. The van der Waals surface area contributed by atoms with Crippen LogP contribution in [-0.2, 0) is 4.79 Å². The molecule has 0 aromatic heterocycles. The van der Waals surface area contributed by atoms with Gasteiger partial charge in [0.2, 0.25) is 5.91 Å². The Morgan fingerprint density at radius 3 is 2.15 bits per heavy atom. The van der Waals surface area contributed by atoms with Gasteiger partial charge in [0.1, 0.15) is 0 Å². The summed E-state index contributed by atoms with van der Waals surface area (Å²) in [5.41, 5.74) is 6.90. The summed E-state index contributed by atoms with van der Waals surface area (Å²) in [6.07, 6.45) is 0.952. The van der Waals surface area contributed by atoms with E-state index in [2.05, 4.69) is 38.2 Å². The van der Waals surface area contributed by atoms with Gasteiger partial charge in [-0.05, 0) is 23.3 Å². The number of hydrogen-bond acceptors (Lipinski definition) is 2. The summed E-state index contributed by atoms with van der Waals surface area (Å²) in [5.74, 6) is -0.103. The first-order valence-electron chi connectivity index (χ1n) is 7.31. The van der Waals surface area contributed by atoms with E-state index in [1.165, 1.54) is 5.56 Å². The molecule has 1 rings (SSSR count). The van der Waals surface area contributed by atoms with Crippen molar-refractivity contribution in [3.05, 3.63) is 35.9 Å². The predicted molar refractivity (Wildman–Crippen MR) is 84.2 cm³/mol. The van der Waals surface area contributed by atoms with Crippen LogP contribution >= 0.6 is 0 Å². The highest BCUT2D eigenvalue weighted by molar-refractivity contribution is 5.80. The van der Waals surface area contributed by atoms with Crippen LogP contribution in [0, 0.1) is 11.3 Å². The second kappa shape index (κ2) is 6.89. The van der Waals surface area contributed by atoms with Crippen LogP contribution in [0.5, 0.6) is 0 Å². The first-order chi connectivity index (χ1) is 9.20. The lowest BCUT2D eigenvalue weighted by Crippen LogP contribution is -2.47. The van der Waals surface area contributed by atoms with Crippen LogP contribution < -0.4 is 11.1 Å². The molecule has 0 radical (unpaired) electrons. The summed E-state index contributed by atoms with van der Waals surface area (Å²) < 4.78 is 0. The van der Waals surface area contributed by atoms with Gasteiger partial charge in [-0.3, -0.25) is 10.1 Å². The molecule has 2 unspecified atom stereocenters. The van der Waals surface area contributed by atoms with Crippen molar-refractivity contribution in [3.8, 4) is 0 Å². The number of nitrogens with two attached hydrogens (primary N) is 1. The molecule has 3 heteroatoms. The number of nitrogens with one attached hydrogen (secondary N) is 1. The zero-order valence-corrected chi connectivity index (χ0v) is 13.3. The molecule has 0 bridgehead atoms. The summed E-state index contributed by atoms with van der Waals surface area (Å²) in [7, 11) is 0. The Balaban J connectivity index is 2.96. The van der Waals surface area contributed by atoms with Crippen molar-refractivity contribution < 1.29 is 4.79 Å². The average Bonchev–Trinajstić information content (AvgIpc) is 2.33. The first-order valence-corrected chi connectivity index (χ1v) is 7.31. The van der Waals surface area contributed by atoms with E-state index in [1.54, 1.807) is 0 Å². The fourth-order valence-electron chi connectivity index (χ4n) is 2.39. The highest BCUT2D eigenvalue weighted by Gasteiger charge is 2.26. The Kier molecular flexibility index (Phi) is 5.75. The third kappa shape index (κ3) is 5.33. The number of benzene rings is 1. The van der Waals surface area contributed by atoms with Crippen LogP contribution in [0.4, 0.5) is 0 Å². The molecule has 3 nitrogen and oxygen atoms in total. The van der Waals surface area contributed by atoms with Gasteiger partial charge < -0.3 is 5.73 Å². The minimum absolute atomic E-state index is 0.135. The van der Waals surface area contributed by atoms with Crippen molar-refractivity contribution in [3.63, 3.8) is 0 Å². The molecule has 0 heterocycles. The standard InChI is InChI=1S/C17H28N2O/c1-12(2)15(16(18)20)19-14(11-17(3,4)5)13-9-7-6-8-10-13/h6-10,12,14-15,19H,11H2,1-5H3,(H2,18,20). The third-order valence-corrected chi connectivity index (χ3v) is 3.37. The molecule has 0 fully saturated rings. The highest BCUT2D eigenvalue weighted by Crippen LogP contribution is 2.30. The summed E-state index contributed by atoms with van der Waals surface area (Å²) in [6, 6.07) is 10.1. The van der Waals surface area contributed by atoms with Gasteiger partial charge in [0.05, 0.1) is 6.04 Å². The maximum absolute atomic E-state index is 11.6. The van der Waals surface area contributed by atoms with E-state index in [0.717, 1.165) is 6.42 Å². The molecule has 2 atom stereocenters. The van der Waals surface area contributed by atoms with Crippen molar-refractivity contribution in [2.45, 2.75) is 53.1 Å². The van der Waals surface area contributed by atoms with Gasteiger partial charge in [-0.25, -0.2) is 0 Å². The Morgan fingerprint density at radius 2 is 1.75 bits per heavy atom. The number of primary amides is 1. The van der Waals surface area contributed by atoms with Crippen LogP contribution in [0.15, 0.2) is 30.3 Å². The predicted octanol–water partition coefficient (Wildman–Crippen LogP) is 3.26. The van der Waals surface area contributed by atoms with Crippen molar-refractivity contribution in [2.75, 3.05) is 0 Å². The van der Waals surface area contributed by atoms with Crippen molar-refractivity contribution in [1.82, 2.24) is 5.32 Å². The van der Waals surface area contributed by atoms with Gasteiger partial charge in [-0.1, -0.05) is 65.0 Å². The summed E-state index contributed by atoms with van der Waals surface area (Å²) >= 11 is 0. The molecule has 0 aliphatic heterocycles. The molecule has 112 valence electrons. The third-order valence-electron chi connectivity index (χ3n) is 3.37. The molecule has 1 aromatic carbocycles. The number of amides is 1. The largest absolute Gasteiger partial charge is 0.368 e. The lowest BCUT2D eigenvalue weighted by atomic mass is 9.84. The maximum Gasteiger partial charge on any atom is 0.234 e. The van der Waals surface area contributed by atoms with E-state index in [9.17, 15) is 4.79 Å². The zero-order valence-electron chi connectivity index (χ0n) is 13.3. The van der Waals surface area contributed by atoms with Gasteiger partial charge in [-0.15, -0.1) is 0 Å². The lowest BCUT2D eigenvalue weighted by Gasteiger charge is -2.31. The van der Waals surface area contributed by atoms with Crippen molar-refractivity contribution in [1.29, 1.82) is 0 Å². The van der Waals surface area contributed by atoms with Crippen LogP contribution in [0.3, 0.4) is 0 Å².